The van der Waals surface area contributed by atoms with Crippen molar-refractivity contribution in [2.24, 2.45) is 5.84 Å². The number of hydrogen-bond donors (Lipinski definition) is 2. The highest BCUT2D eigenvalue weighted by Crippen LogP contribution is 2.28. The highest BCUT2D eigenvalue weighted by Gasteiger charge is 2.17. The summed E-state index contributed by atoms with van der Waals surface area (Å²) in [6.45, 7) is 2.02. The van der Waals surface area contributed by atoms with E-state index in [4.69, 9.17) is 10.3 Å². The van der Waals surface area contributed by atoms with Crippen molar-refractivity contribution < 1.29 is 8.81 Å². The fourth-order valence-electron chi connectivity index (χ4n) is 2.37. The standard InChI is InChI=1S/C16H15FN2O/c1-10-3-2-4-11(7-10)16(19-18)15-9-12-8-13(17)5-6-14(12)20-15/h2-9,16,19H,18H2,1H3. The molecule has 0 aliphatic rings. The number of furan rings is 1. The summed E-state index contributed by atoms with van der Waals surface area (Å²) in [6.07, 6.45) is 0. The first-order chi connectivity index (χ1) is 9.67. The first-order valence-electron chi connectivity index (χ1n) is 6.39. The molecule has 0 spiro atoms. The fraction of sp³-hybridized carbons (Fsp3) is 0.125. The van der Waals surface area contributed by atoms with Crippen LogP contribution in [0.15, 0.2) is 52.9 Å². The lowest BCUT2D eigenvalue weighted by Crippen LogP contribution is -2.28. The van der Waals surface area contributed by atoms with Gasteiger partial charge in [-0.2, -0.15) is 0 Å². The lowest BCUT2D eigenvalue weighted by molar-refractivity contribution is 0.477. The van der Waals surface area contributed by atoms with Crippen LogP contribution in [-0.4, -0.2) is 0 Å². The Morgan fingerprint density at radius 2 is 2.00 bits per heavy atom. The molecular weight excluding hydrogens is 255 g/mol. The van der Waals surface area contributed by atoms with Crippen LogP contribution in [0.3, 0.4) is 0 Å². The number of nitrogens with two attached hydrogens (primary N) is 1. The van der Waals surface area contributed by atoms with Gasteiger partial charge >= 0.3 is 0 Å². The number of aryl methyl sites for hydroxylation is 1. The molecule has 0 amide bonds. The van der Waals surface area contributed by atoms with E-state index in [0.717, 1.165) is 16.5 Å². The zero-order valence-corrected chi connectivity index (χ0v) is 11.1. The molecule has 1 atom stereocenters. The molecule has 0 aliphatic heterocycles. The molecule has 3 nitrogen and oxygen atoms in total. The van der Waals surface area contributed by atoms with Gasteiger partial charge in [0.1, 0.15) is 23.2 Å². The van der Waals surface area contributed by atoms with E-state index >= 15 is 0 Å². The van der Waals surface area contributed by atoms with E-state index in [9.17, 15) is 4.39 Å². The Morgan fingerprint density at radius 3 is 2.75 bits per heavy atom. The number of nitrogens with one attached hydrogen (secondary N) is 1. The molecule has 1 unspecified atom stereocenters. The summed E-state index contributed by atoms with van der Waals surface area (Å²) in [5.41, 5.74) is 5.55. The third-order valence-corrected chi connectivity index (χ3v) is 3.32. The van der Waals surface area contributed by atoms with Crippen LogP contribution in [-0.2, 0) is 0 Å². The maximum atomic E-state index is 13.2. The van der Waals surface area contributed by atoms with Crippen LogP contribution < -0.4 is 11.3 Å². The van der Waals surface area contributed by atoms with E-state index in [-0.39, 0.29) is 11.9 Å². The minimum Gasteiger partial charge on any atom is -0.459 e. The lowest BCUT2D eigenvalue weighted by atomic mass is 10.0. The van der Waals surface area contributed by atoms with Gasteiger partial charge < -0.3 is 4.42 Å². The van der Waals surface area contributed by atoms with Crippen LogP contribution in [0.25, 0.3) is 11.0 Å². The molecule has 3 rings (SSSR count). The molecule has 0 saturated carbocycles. The molecule has 2 aromatic carbocycles. The Hall–Kier alpha value is -2.17. The van der Waals surface area contributed by atoms with Crippen LogP contribution in [0, 0.1) is 12.7 Å². The quantitative estimate of drug-likeness (QED) is 0.566. The van der Waals surface area contributed by atoms with Gasteiger partial charge in [-0.3, -0.25) is 5.84 Å². The Labute approximate surface area is 116 Å². The van der Waals surface area contributed by atoms with Gasteiger partial charge in [-0.25, -0.2) is 9.82 Å². The monoisotopic (exact) mass is 270 g/mol. The molecule has 1 heterocycles. The zero-order chi connectivity index (χ0) is 14.1. The Balaban J connectivity index is 2.07. The maximum Gasteiger partial charge on any atom is 0.134 e. The van der Waals surface area contributed by atoms with Gasteiger partial charge in [0.2, 0.25) is 0 Å². The summed E-state index contributed by atoms with van der Waals surface area (Å²) in [6, 6.07) is 14.0. The SMILES string of the molecule is Cc1cccc(C(NN)c2cc3cc(F)ccc3o2)c1. The number of rotatable bonds is 3. The van der Waals surface area contributed by atoms with E-state index in [1.807, 2.05) is 37.3 Å². The summed E-state index contributed by atoms with van der Waals surface area (Å²) >= 11 is 0. The summed E-state index contributed by atoms with van der Waals surface area (Å²) in [5, 5.41) is 0.730. The highest BCUT2D eigenvalue weighted by molar-refractivity contribution is 5.78. The van der Waals surface area contributed by atoms with E-state index < -0.39 is 0 Å². The van der Waals surface area contributed by atoms with Crippen LogP contribution in [0.2, 0.25) is 0 Å². The van der Waals surface area contributed by atoms with Gasteiger partial charge in [0.15, 0.2) is 0 Å². The Morgan fingerprint density at radius 1 is 1.15 bits per heavy atom. The normalized spacial score (nSPS) is 12.8. The van der Waals surface area contributed by atoms with Crippen molar-refractivity contribution in [3.8, 4) is 0 Å². The Kier molecular flexibility index (Phi) is 3.26. The molecule has 0 aliphatic carbocycles. The van der Waals surface area contributed by atoms with Gasteiger partial charge in [0.05, 0.1) is 0 Å². The molecule has 3 N–H and O–H groups in total. The van der Waals surface area contributed by atoms with E-state index in [2.05, 4.69) is 5.43 Å². The largest absolute Gasteiger partial charge is 0.459 e. The molecule has 102 valence electrons. The molecule has 0 radical (unpaired) electrons. The van der Waals surface area contributed by atoms with Crippen molar-refractivity contribution >= 4 is 11.0 Å². The summed E-state index contributed by atoms with van der Waals surface area (Å²) < 4.78 is 19.0. The van der Waals surface area contributed by atoms with Crippen molar-refractivity contribution in [3.63, 3.8) is 0 Å². The van der Waals surface area contributed by atoms with E-state index in [0.29, 0.717) is 11.3 Å². The van der Waals surface area contributed by atoms with Crippen molar-refractivity contribution in [2.45, 2.75) is 13.0 Å². The second kappa shape index (κ2) is 5.07. The molecule has 0 fully saturated rings. The summed E-state index contributed by atoms with van der Waals surface area (Å²) in [7, 11) is 0. The minimum absolute atomic E-state index is 0.259. The van der Waals surface area contributed by atoms with Crippen molar-refractivity contribution in [1.29, 1.82) is 0 Å². The van der Waals surface area contributed by atoms with Gasteiger partial charge in [0.25, 0.3) is 0 Å². The zero-order valence-electron chi connectivity index (χ0n) is 11.1. The molecule has 3 aromatic rings. The molecular formula is C16H15FN2O. The van der Waals surface area contributed by atoms with Gasteiger partial charge in [-0.1, -0.05) is 29.8 Å². The number of hydrazine groups is 1. The number of fused-ring (bicyclic) bond motifs is 1. The minimum atomic E-state index is -0.280. The average molecular weight is 270 g/mol. The molecule has 0 saturated heterocycles. The van der Waals surface area contributed by atoms with Crippen molar-refractivity contribution in [2.75, 3.05) is 0 Å². The lowest BCUT2D eigenvalue weighted by Gasteiger charge is -2.14. The fourth-order valence-corrected chi connectivity index (χ4v) is 2.37. The summed E-state index contributed by atoms with van der Waals surface area (Å²) in [5.74, 6) is 6.04. The van der Waals surface area contributed by atoms with Gasteiger partial charge in [-0.05, 0) is 36.8 Å². The molecule has 1 aromatic heterocycles. The molecule has 0 bridgehead atoms. The predicted molar refractivity (Wildman–Crippen MR) is 76.5 cm³/mol. The van der Waals surface area contributed by atoms with Gasteiger partial charge in [0, 0.05) is 5.39 Å². The third-order valence-electron chi connectivity index (χ3n) is 3.32. The third kappa shape index (κ3) is 2.31. The average Bonchev–Trinajstić information content (AvgIpc) is 2.82. The number of benzene rings is 2. The maximum absolute atomic E-state index is 13.2. The van der Waals surface area contributed by atoms with Crippen LogP contribution in [0.4, 0.5) is 4.39 Å². The molecule has 4 heteroatoms. The second-order valence-corrected chi connectivity index (χ2v) is 4.84. The molecule has 20 heavy (non-hydrogen) atoms. The van der Waals surface area contributed by atoms with E-state index in [1.54, 1.807) is 6.07 Å². The predicted octanol–water partition coefficient (Wildman–Crippen LogP) is 3.43. The van der Waals surface area contributed by atoms with Crippen LogP contribution in [0.5, 0.6) is 0 Å². The number of hydrogen-bond acceptors (Lipinski definition) is 3. The number of halogens is 1. The topological polar surface area (TPSA) is 51.2 Å². The van der Waals surface area contributed by atoms with Crippen molar-refractivity contribution in [1.82, 2.24) is 5.43 Å². The van der Waals surface area contributed by atoms with Crippen LogP contribution in [0.1, 0.15) is 22.9 Å². The Bertz CT molecular complexity index is 751. The highest BCUT2D eigenvalue weighted by atomic mass is 19.1. The first-order valence-corrected chi connectivity index (χ1v) is 6.39. The first kappa shape index (κ1) is 12.8. The smallest absolute Gasteiger partial charge is 0.134 e. The van der Waals surface area contributed by atoms with Crippen molar-refractivity contribution in [3.05, 3.63) is 71.2 Å². The van der Waals surface area contributed by atoms with Crippen LogP contribution >= 0.6 is 0 Å². The van der Waals surface area contributed by atoms with E-state index in [1.165, 1.54) is 12.1 Å². The second-order valence-electron chi connectivity index (χ2n) is 4.84. The van der Waals surface area contributed by atoms with Gasteiger partial charge in [-0.15, -0.1) is 0 Å². The summed E-state index contributed by atoms with van der Waals surface area (Å²) in [4.78, 5) is 0.